The molecule has 20 heavy (non-hydrogen) atoms. The molecule has 2 rings (SSSR count). The second-order valence-electron chi connectivity index (χ2n) is 5.20. The van der Waals surface area contributed by atoms with Gasteiger partial charge in [0.25, 0.3) is 0 Å². The van der Waals surface area contributed by atoms with Crippen LogP contribution in [0.2, 0.25) is 5.02 Å². The van der Waals surface area contributed by atoms with E-state index >= 15 is 0 Å². The Morgan fingerprint density at radius 2 is 1.90 bits per heavy atom. The van der Waals surface area contributed by atoms with Gasteiger partial charge in [-0.3, -0.25) is 4.99 Å². The van der Waals surface area contributed by atoms with Crippen molar-refractivity contribution >= 4 is 41.5 Å². The van der Waals surface area contributed by atoms with Crippen LogP contribution in [-0.4, -0.2) is 31.0 Å². The summed E-state index contributed by atoms with van der Waals surface area (Å²) in [5.74, 6) is 1.84. The first-order valence-corrected chi connectivity index (χ1v) is 7.27. The van der Waals surface area contributed by atoms with Gasteiger partial charge >= 0.3 is 0 Å². The molecule has 0 aromatic heterocycles. The van der Waals surface area contributed by atoms with Gasteiger partial charge in [-0.15, -0.1) is 24.0 Å². The zero-order valence-corrected chi connectivity index (χ0v) is 15.2. The third kappa shape index (κ3) is 5.13. The smallest absolute Gasteiger partial charge is 0.193 e. The van der Waals surface area contributed by atoms with Gasteiger partial charge in [-0.1, -0.05) is 30.7 Å². The van der Waals surface area contributed by atoms with Crippen LogP contribution < -0.4 is 5.32 Å². The Labute approximate surface area is 143 Å². The number of hydrogen-bond acceptors (Lipinski definition) is 1. The Morgan fingerprint density at radius 1 is 1.30 bits per heavy atom. The summed E-state index contributed by atoms with van der Waals surface area (Å²) in [4.78, 5) is 6.72. The lowest BCUT2D eigenvalue weighted by Crippen LogP contribution is -2.45. The number of rotatable bonds is 2. The number of aliphatic imine (C=N–C) groups is 1. The average molecular weight is 408 g/mol. The van der Waals surface area contributed by atoms with Gasteiger partial charge < -0.3 is 10.2 Å². The van der Waals surface area contributed by atoms with Gasteiger partial charge in [-0.05, 0) is 36.5 Å². The molecule has 1 N–H and O–H groups in total. The van der Waals surface area contributed by atoms with Crippen LogP contribution in [0.25, 0.3) is 0 Å². The maximum absolute atomic E-state index is 5.88. The zero-order chi connectivity index (χ0) is 13.7. The van der Waals surface area contributed by atoms with Gasteiger partial charge in [0.05, 0.1) is 0 Å². The van der Waals surface area contributed by atoms with Gasteiger partial charge in [0.1, 0.15) is 0 Å². The molecule has 5 heteroatoms. The van der Waals surface area contributed by atoms with Crippen molar-refractivity contribution in [1.82, 2.24) is 10.2 Å². The van der Waals surface area contributed by atoms with E-state index in [1.54, 1.807) is 0 Å². The van der Waals surface area contributed by atoms with Crippen molar-refractivity contribution in [2.24, 2.45) is 10.9 Å². The summed E-state index contributed by atoms with van der Waals surface area (Å²) in [7, 11) is 1.85. The fourth-order valence-electron chi connectivity index (χ4n) is 2.34. The van der Waals surface area contributed by atoms with Crippen molar-refractivity contribution < 1.29 is 0 Å². The molecular weight excluding hydrogens is 385 g/mol. The molecule has 0 radical (unpaired) electrons. The number of halogens is 2. The molecule has 1 aromatic rings. The summed E-state index contributed by atoms with van der Waals surface area (Å²) in [6, 6.07) is 7.93. The molecule has 0 bridgehead atoms. The molecule has 0 spiro atoms. The van der Waals surface area contributed by atoms with Crippen molar-refractivity contribution in [2.75, 3.05) is 20.1 Å². The second-order valence-corrected chi connectivity index (χ2v) is 5.63. The van der Waals surface area contributed by atoms with E-state index in [0.717, 1.165) is 36.5 Å². The third-order valence-corrected chi connectivity index (χ3v) is 3.91. The first-order valence-electron chi connectivity index (χ1n) is 6.89. The first-order chi connectivity index (χ1) is 9.19. The van der Waals surface area contributed by atoms with E-state index < -0.39 is 0 Å². The Bertz CT molecular complexity index is 425. The second kappa shape index (κ2) is 8.72. The maximum Gasteiger partial charge on any atom is 0.193 e. The Morgan fingerprint density at radius 3 is 2.45 bits per heavy atom. The third-order valence-electron chi connectivity index (χ3n) is 3.66. The molecule has 1 aliphatic heterocycles. The number of guanidine groups is 1. The largest absolute Gasteiger partial charge is 0.352 e. The molecule has 3 nitrogen and oxygen atoms in total. The van der Waals surface area contributed by atoms with Crippen LogP contribution in [0, 0.1) is 5.92 Å². The van der Waals surface area contributed by atoms with Gasteiger partial charge in [-0.2, -0.15) is 0 Å². The first kappa shape index (κ1) is 17.6. The SMILES string of the molecule is CN=C(NCc1ccc(Cl)cc1)N1CCC(C)CC1.I. The van der Waals surface area contributed by atoms with Gasteiger partial charge in [0.15, 0.2) is 5.96 Å². The highest BCUT2D eigenvalue weighted by Crippen LogP contribution is 2.16. The monoisotopic (exact) mass is 407 g/mol. The van der Waals surface area contributed by atoms with Crippen molar-refractivity contribution in [3.63, 3.8) is 0 Å². The molecule has 112 valence electrons. The molecule has 1 aliphatic rings. The fraction of sp³-hybridized carbons (Fsp3) is 0.533. The zero-order valence-electron chi connectivity index (χ0n) is 12.1. The van der Waals surface area contributed by atoms with E-state index in [1.165, 1.54) is 18.4 Å². The minimum Gasteiger partial charge on any atom is -0.352 e. The molecule has 0 atom stereocenters. The highest BCUT2D eigenvalue weighted by Gasteiger charge is 2.18. The summed E-state index contributed by atoms with van der Waals surface area (Å²) in [6.45, 7) is 5.31. The van der Waals surface area contributed by atoms with Crippen LogP contribution in [-0.2, 0) is 6.54 Å². The number of piperidine rings is 1. The molecule has 1 heterocycles. The van der Waals surface area contributed by atoms with Crippen LogP contribution in [0.3, 0.4) is 0 Å². The van der Waals surface area contributed by atoms with Gasteiger partial charge in [-0.25, -0.2) is 0 Å². The lowest BCUT2D eigenvalue weighted by atomic mass is 10.00. The van der Waals surface area contributed by atoms with Crippen LogP contribution in [0.15, 0.2) is 29.3 Å². The van der Waals surface area contributed by atoms with Crippen molar-refractivity contribution in [3.05, 3.63) is 34.9 Å². The van der Waals surface area contributed by atoms with Crippen molar-refractivity contribution in [3.8, 4) is 0 Å². The summed E-state index contributed by atoms with van der Waals surface area (Å²) in [6.07, 6.45) is 2.50. The average Bonchev–Trinajstić information content (AvgIpc) is 2.43. The standard InChI is InChI=1S/C15H22ClN3.HI/c1-12-7-9-19(10-8-12)15(17-2)18-11-13-3-5-14(16)6-4-13;/h3-6,12H,7-11H2,1-2H3,(H,17,18);1H. The molecule has 1 fully saturated rings. The lowest BCUT2D eigenvalue weighted by Gasteiger charge is -2.32. The number of nitrogens with one attached hydrogen (secondary N) is 1. The quantitative estimate of drug-likeness (QED) is 0.459. The number of benzene rings is 1. The van der Waals surface area contributed by atoms with E-state index in [0.29, 0.717) is 0 Å². The Hall–Kier alpha value is -0.490. The van der Waals surface area contributed by atoms with E-state index in [2.05, 4.69) is 22.1 Å². The van der Waals surface area contributed by atoms with E-state index in [9.17, 15) is 0 Å². The summed E-state index contributed by atoms with van der Waals surface area (Å²) in [5.41, 5.74) is 1.22. The molecule has 0 saturated carbocycles. The van der Waals surface area contributed by atoms with Crippen LogP contribution in [0.5, 0.6) is 0 Å². The minimum absolute atomic E-state index is 0. The molecule has 0 amide bonds. The maximum atomic E-state index is 5.88. The minimum atomic E-state index is 0. The molecule has 0 aliphatic carbocycles. The molecule has 1 aromatic carbocycles. The van der Waals surface area contributed by atoms with Crippen LogP contribution >= 0.6 is 35.6 Å². The predicted molar refractivity (Wildman–Crippen MR) is 97.0 cm³/mol. The summed E-state index contributed by atoms with van der Waals surface area (Å²) in [5, 5.41) is 4.20. The van der Waals surface area contributed by atoms with Crippen LogP contribution in [0.4, 0.5) is 0 Å². The van der Waals surface area contributed by atoms with Crippen molar-refractivity contribution in [2.45, 2.75) is 26.3 Å². The summed E-state index contributed by atoms with van der Waals surface area (Å²) < 4.78 is 0. The van der Waals surface area contributed by atoms with E-state index in [4.69, 9.17) is 11.6 Å². The summed E-state index contributed by atoms with van der Waals surface area (Å²) >= 11 is 5.88. The Balaban J connectivity index is 0.00000200. The number of likely N-dealkylation sites (tertiary alicyclic amines) is 1. The highest BCUT2D eigenvalue weighted by atomic mass is 127. The normalized spacial score (nSPS) is 16.8. The molecular formula is C15H23ClIN3. The topological polar surface area (TPSA) is 27.6 Å². The molecule has 0 unspecified atom stereocenters. The lowest BCUT2D eigenvalue weighted by molar-refractivity contribution is 0.273. The fourth-order valence-corrected chi connectivity index (χ4v) is 2.46. The van der Waals surface area contributed by atoms with E-state index in [-0.39, 0.29) is 24.0 Å². The Kier molecular flexibility index (Phi) is 7.66. The number of nitrogens with zero attached hydrogens (tertiary/aromatic N) is 2. The van der Waals surface area contributed by atoms with Crippen molar-refractivity contribution in [1.29, 1.82) is 0 Å². The highest BCUT2D eigenvalue weighted by molar-refractivity contribution is 14.0. The predicted octanol–water partition coefficient (Wildman–Crippen LogP) is 3.77. The van der Waals surface area contributed by atoms with Gasteiger partial charge in [0.2, 0.25) is 0 Å². The van der Waals surface area contributed by atoms with E-state index in [1.807, 2.05) is 31.3 Å². The van der Waals surface area contributed by atoms with Gasteiger partial charge in [0, 0.05) is 31.7 Å². The van der Waals surface area contributed by atoms with Crippen LogP contribution in [0.1, 0.15) is 25.3 Å². The number of hydrogen-bond donors (Lipinski definition) is 1. The molecule has 1 saturated heterocycles.